The Labute approximate surface area is 207 Å². The lowest BCUT2D eigenvalue weighted by atomic mass is 10.1. The number of nitrogens with two attached hydrogens (primary N) is 1. The van der Waals surface area contributed by atoms with Crippen LogP contribution in [0.2, 0.25) is 0 Å². The topological polar surface area (TPSA) is 113 Å². The van der Waals surface area contributed by atoms with Crippen LogP contribution in [0.1, 0.15) is 34.6 Å². The third-order valence-electron chi connectivity index (χ3n) is 4.77. The van der Waals surface area contributed by atoms with Crippen molar-refractivity contribution in [2.45, 2.75) is 24.0 Å². The molecule has 0 aliphatic heterocycles. The number of primary amides is 1. The van der Waals surface area contributed by atoms with Crippen molar-refractivity contribution in [1.29, 1.82) is 0 Å². The van der Waals surface area contributed by atoms with Crippen molar-refractivity contribution in [2.24, 2.45) is 5.73 Å². The van der Waals surface area contributed by atoms with Crippen molar-refractivity contribution < 1.29 is 14.4 Å². The van der Waals surface area contributed by atoms with Crippen molar-refractivity contribution >= 4 is 63.8 Å². The SMILES string of the molecule is CC(=O)c1ccc(NC(=S)Nc2cccc(SC(C)C(=O)Nc3ccccc3C(N)=O)c2)cc1. The quantitative estimate of drug-likeness (QED) is 0.201. The minimum Gasteiger partial charge on any atom is -0.366 e. The van der Waals surface area contributed by atoms with Gasteiger partial charge in [-0.15, -0.1) is 11.8 Å². The number of anilines is 3. The van der Waals surface area contributed by atoms with Gasteiger partial charge < -0.3 is 21.7 Å². The molecule has 9 heteroatoms. The molecule has 1 atom stereocenters. The highest BCUT2D eigenvalue weighted by Gasteiger charge is 2.17. The summed E-state index contributed by atoms with van der Waals surface area (Å²) in [6, 6.07) is 21.2. The van der Waals surface area contributed by atoms with Crippen LogP contribution in [0.3, 0.4) is 0 Å². The molecule has 174 valence electrons. The Bertz CT molecular complexity index is 1230. The smallest absolute Gasteiger partial charge is 0.250 e. The van der Waals surface area contributed by atoms with Crippen molar-refractivity contribution in [3.05, 3.63) is 83.9 Å². The highest BCUT2D eigenvalue weighted by atomic mass is 32.2. The molecular formula is C25H24N4O3S2. The van der Waals surface area contributed by atoms with Gasteiger partial charge in [0.25, 0.3) is 5.91 Å². The maximum absolute atomic E-state index is 12.7. The zero-order chi connectivity index (χ0) is 24.7. The average Bonchev–Trinajstić information content (AvgIpc) is 2.79. The van der Waals surface area contributed by atoms with Crippen LogP contribution in [0, 0.1) is 0 Å². The predicted molar refractivity (Wildman–Crippen MR) is 142 cm³/mol. The van der Waals surface area contributed by atoms with Crippen molar-refractivity contribution in [1.82, 2.24) is 0 Å². The van der Waals surface area contributed by atoms with Gasteiger partial charge in [-0.2, -0.15) is 0 Å². The molecule has 3 aromatic rings. The molecule has 1 unspecified atom stereocenters. The molecule has 0 aliphatic rings. The summed E-state index contributed by atoms with van der Waals surface area (Å²) in [6.07, 6.45) is 0. The van der Waals surface area contributed by atoms with Crippen LogP contribution in [-0.2, 0) is 4.79 Å². The first-order chi connectivity index (χ1) is 16.2. The van der Waals surface area contributed by atoms with Gasteiger partial charge in [0.1, 0.15) is 0 Å². The van der Waals surface area contributed by atoms with E-state index in [0.717, 1.165) is 16.3 Å². The lowest BCUT2D eigenvalue weighted by Gasteiger charge is -2.15. The van der Waals surface area contributed by atoms with Crippen LogP contribution in [0.25, 0.3) is 0 Å². The van der Waals surface area contributed by atoms with E-state index in [4.69, 9.17) is 18.0 Å². The molecule has 0 spiro atoms. The number of thioether (sulfide) groups is 1. The van der Waals surface area contributed by atoms with Gasteiger partial charge in [0, 0.05) is 21.8 Å². The fourth-order valence-corrected chi connectivity index (χ4v) is 4.19. The second-order valence-corrected chi connectivity index (χ2v) is 9.22. The number of para-hydroxylation sites is 1. The fraction of sp³-hybridized carbons (Fsp3) is 0.120. The molecule has 0 bridgehead atoms. The van der Waals surface area contributed by atoms with E-state index in [9.17, 15) is 14.4 Å². The summed E-state index contributed by atoms with van der Waals surface area (Å²) >= 11 is 6.75. The molecule has 5 N–H and O–H groups in total. The van der Waals surface area contributed by atoms with E-state index in [1.165, 1.54) is 18.7 Å². The lowest BCUT2D eigenvalue weighted by molar-refractivity contribution is -0.115. The van der Waals surface area contributed by atoms with Gasteiger partial charge in [-0.1, -0.05) is 18.2 Å². The Morgan fingerprint density at radius 2 is 1.56 bits per heavy atom. The number of amides is 2. The maximum Gasteiger partial charge on any atom is 0.250 e. The van der Waals surface area contributed by atoms with Gasteiger partial charge in [0.2, 0.25) is 5.91 Å². The monoisotopic (exact) mass is 492 g/mol. The zero-order valence-electron chi connectivity index (χ0n) is 18.6. The number of nitrogens with one attached hydrogen (secondary N) is 3. The first-order valence-electron chi connectivity index (χ1n) is 10.4. The van der Waals surface area contributed by atoms with Crippen molar-refractivity contribution in [3.63, 3.8) is 0 Å². The summed E-state index contributed by atoms with van der Waals surface area (Å²) in [5.74, 6) is -0.848. The number of carbonyl (C=O) groups is 3. The molecule has 0 heterocycles. The predicted octanol–water partition coefficient (Wildman–Crippen LogP) is 4.92. The van der Waals surface area contributed by atoms with Gasteiger partial charge >= 0.3 is 0 Å². The summed E-state index contributed by atoms with van der Waals surface area (Å²) < 4.78 is 0. The number of ketones is 1. The van der Waals surface area contributed by atoms with Crippen molar-refractivity contribution in [3.8, 4) is 0 Å². The summed E-state index contributed by atoms with van der Waals surface area (Å²) in [6.45, 7) is 3.30. The molecule has 3 rings (SSSR count). The first kappa shape index (κ1) is 24.9. The highest BCUT2D eigenvalue weighted by Crippen LogP contribution is 2.27. The van der Waals surface area contributed by atoms with Gasteiger partial charge in [-0.05, 0) is 80.7 Å². The number of carbonyl (C=O) groups excluding carboxylic acids is 3. The molecule has 0 saturated carbocycles. The molecular weight excluding hydrogens is 468 g/mol. The molecule has 7 nitrogen and oxygen atoms in total. The van der Waals surface area contributed by atoms with Gasteiger partial charge in [0.15, 0.2) is 10.9 Å². The number of benzene rings is 3. The molecule has 2 amide bonds. The maximum atomic E-state index is 12.7. The van der Waals surface area contributed by atoms with E-state index in [0.29, 0.717) is 16.4 Å². The highest BCUT2D eigenvalue weighted by molar-refractivity contribution is 8.00. The molecule has 3 aromatic carbocycles. The third-order valence-corrected chi connectivity index (χ3v) is 6.07. The number of Topliss-reactive ketones (excluding diaryl/α,β-unsaturated/α-hetero) is 1. The first-order valence-corrected chi connectivity index (χ1v) is 11.7. The summed E-state index contributed by atoms with van der Waals surface area (Å²) in [5.41, 5.74) is 8.17. The standard InChI is InChI=1S/C25H24N4O3S2/c1-15(30)17-10-12-18(13-11-17)27-25(33)28-19-6-5-7-20(14-19)34-16(2)24(32)29-22-9-4-3-8-21(22)23(26)31/h3-14,16H,1-2H3,(H2,26,31)(H,29,32)(H2,27,28,33). The number of rotatable bonds is 8. The Morgan fingerprint density at radius 1 is 0.882 bits per heavy atom. The number of thiocarbonyl (C=S) groups is 1. The number of hydrogen-bond acceptors (Lipinski definition) is 5. The second kappa shape index (κ2) is 11.4. The molecule has 0 saturated heterocycles. The minimum atomic E-state index is -0.602. The average molecular weight is 493 g/mol. The zero-order valence-corrected chi connectivity index (χ0v) is 20.3. The van der Waals surface area contributed by atoms with E-state index in [1.54, 1.807) is 55.5 Å². The van der Waals surface area contributed by atoms with Gasteiger partial charge in [0.05, 0.1) is 16.5 Å². The number of hydrogen-bond donors (Lipinski definition) is 4. The largest absolute Gasteiger partial charge is 0.366 e. The second-order valence-electron chi connectivity index (χ2n) is 7.40. The molecule has 0 radical (unpaired) electrons. The van der Waals surface area contributed by atoms with E-state index in [-0.39, 0.29) is 17.3 Å². The fourth-order valence-electron chi connectivity index (χ4n) is 3.03. The van der Waals surface area contributed by atoms with Crippen LogP contribution in [0.15, 0.2) is 77.7 Å². The Hall–Kier alpha value is -3.69. The molecule has 34 heavy (non-hydrogen) atoms. The van der Waals surface area contributed by atoms with Crippen LogP contribution in [-0.4, -0.2) is 28.0 Å². The lowest BCUT2D eigenvalue weighted by Crippen LogP contribution is -2.24. The summed E-state index contributed by atoms with van der Waals surface area (Å²) in [5, 5.41) is 8.93. The Kier molecular flexibility index (Phi) is 8.39. The summed E-state index contributed by atoms with van der Waals surface area (Å²) in [7, 11) is 0. The third kappa shape index (κ3) is 6.90. The molecule has 0 aliphatic carbocycles. The van der Waals surface area contributed by atoms with Crippen LogP contribution < -0.4 is 21.7 Å². The molecule has 0 aromatic heterocycles. The van der Waals surface area contributed by atoms with Crippen LogP contribution in [0.5, 0.6) is 0 Å². The van der Waals surface area contributed by atoms with Gasteiger partial charge in [-0.25, -0.2) is 0 Å². The summed E-state index contributed by atoms with van der Waals surface area (Å²) in [4.78, 5) is 36.5. The van der Waals surface area contributed by atoms with E-state index in [2.05, 4.69) is 16.0 Å². The minimum absolute atomic E-state index is 0.00144. The Balaban J connectivity index is 1.59. The Morgan fingerprint density at radius 3 is 2.24 bits per heavy atom. The van der Waals surface area contributed by atoms with Crippen LogP contribution in [0.4, 0.5) is 17.1 Å². The van der Waals surface area contributed by atoms with E-state index >= 15 is 0 Å². The van der Waals surface area contributed by atoms with Gasteiger partial charge in [-0.3, -0.25) is 14.4 Å². The van der Waals surface area contributed by atoms with Crippen molar-refractivity contribution in [2.75, 3.05) is 16.0 Å². The molecule has 0 fully saturated rings. The van der Waals surface area contributed by atoms with E-state index < -0.39 is 11.2 Å². The van der Waals surface area contributed by atoms with Crippen LogP contribution >= 0.6 is 24.0 Å². The van der Waals surface area contributed by atoms with E-state index in [1.807, 2.05) is 24.3 Å². The normalized spacial score (nSPS) is 11.2.